The molecule has 1 N–H and O–H groups in total. The number of carbonyl (C=O) groups excluding carboxylic acids is 1. The van der Waals surface area contributed by atoms with E-state index in [0.29, 0.717) is 53.9 Å². The lowest BCUT2D eigenvalue weighted by atomic mass is 9.39. The zero-order valence-electron chi connectivity index (χ0n) is 19.5. The van der Waals surface area contributed by atoms with Gasteiger partial charge in [0.15, 0.2) is 0 Å². The van der Waals surface area contributed by atoms with Gasteiger partial charge in [-0.05, 0) is 85.3 Å². The number of carbonyl (C=O) groups is 1. The van der Waals surface area contributed by atoms with Crippen molar-refractivity contribution in [2.45, 2.75) is 89.6 Å². The van der Waals surface area contributed by atoms with Crippen LogP contribution in [0.4, 0.5) is 0 Å². The number of ketones is 1. The van der Waals surface area contributed by atoms with Crippen molar-refractivity contribution in [3.05, 3.63) is 18.0 Å². The Kier molecular flexibility index (Phi) is 5.56. The molecule has 1 aromatic heterocycles. The first kappa shape index (κ1) is 22.2. The van der Waals surface area contributed by atoms with Crippen molar-refractivity contribution < 1.29 is 9.90 Å². The molecule has 0 aliphatic heterocycles. The average Bonchev–Trinajstić information content (AvgIpc) is 3.39. The third kappa shape index (κ3) is 3.30. The van der Waals surface area contributed by atoms with Gasteiger partial charge in [0.2, 0.25) is 0 Å². The average molecular weight is 433 g/mol. The molecule has 5 nitrogen and oxygen atoms in total. The van der Waals surface area contributed by atoms with E-state index in [9.17, 15) is 9.90 Å². The number of Topliss-reactive ketones (excluding diaryl/α,β-unsaturated/α-hetero) is 1. The number of fused-ring (bicyclic) bond motifs is 5. The first-order valence-corrected chi connectivity index (χ1v) is 12.7. The number of hydrogen-bond donors (Lipinski definition) is 1. The van der Waals surface area contributed by atoms with Gasteiger partial charge in [-0.3, -0.25) is 9.48 Å². The molecule has 1 heterocycles. The number of aliphatic hydroxyl groups is 1. The minimum Gasteiger partial charge on any atom is -0.393 e. The summed E-state index contributed by atoms with van der Waals surface area (Å²) in [7, 11) is 6.93. The van der Waals surface area contributed by atoms with E-state index in [1.54, 1.807) is 17.1 Å². The molecule has 0 amide bonds. The first-order chi connectivity index (χ1) is 15.3. The molecule has 0 saturated heterocycles. The highest BCUT2D eigenvalue weighted by Gasteiger charge is 2.61. The number of rotatable bonds is 4. The Bertz CT molecular complexity index is 924. The Balaban J connectivity index is 1.29. The van der Waals surface area contributed by atoms with Crippen molar-refractivity contribution in [2.24, 2.45) is 40.9 Å². The van der Waals surface area contributed by atoms with Gasteiger partial charge in [-0.2, -0.15) is 10.4 Å². The second-order valence-electron chi connectivity index (χ2n) is 11.7. The number of aliphatic hydroxyl groups excluding tert-OH is 1. The van der Waals surface area contributed by atoms with Crippen LogP contribution in [0.15, 0.2) is 12.4 Å². The van der Waals surface area contributed by atoms with Crippen LogP contribution in [0.3, 0.4) is 0 Å². The second-order valence-corrected chi connectivity index (χ2v) is 11.7. The van der Waals surface area contributed by atoms with Gasteiger partial charge >= 0.3 is 0 Å². The topological polar surface area (TPSA) is 78.9 Å². The molecule has 4 saturated carbocycles. The highest BCUT2D eigenvalue weighted by Crippen LogP contribution is 2.68. The summed E-state index contributed by atoms with van der Waals surface area (Å²) in [6.45, 7) is 5.09. The monoisotopic (exact) mass is 433 g/mol. The second kappa shape index (κ2) is 8.01. The van der Waals surface area contributed by atoms with E-state index in [-0.39, 0.29) is 17.4 Å². The van der Waals surface area contributed by atoms with E-state index in [2.05, 4.69) is 25.0 Å². The third-order valence-electron chi connectivity index (χ3n) is 10.4. The molecular formula is C26H36BN3O2. The Hall–Kier alpha value is -1.61. The smallest absolute Gasteiger partial charge is 0.138 e. The molecule has 4 aliphatic rings. The molecular weight excluding hydrogens is 397 g/mol. The van der Waals surface area contributed by atoms with Crippen LogP contribution < -0.4 is 0 Å². The lowest BCUT2D eigenvalue weighted by Crippen LogP contribution is -2.55. The van der Waals surface area contributed by atoms with E-state index in [1.165, 1.54) is 0 Å². The molecule has 0 spiro atoms. The summed E-state index contributed by atoms with van der Waals surface area (Å²) in [5.41, 5.74) is 0.634. The van der Waals surface area contributed by atoms with E-state index < -0.39 is 5.31 Å². The van der Waals surface area contributed by atoms with E-state index >= 15 is 0 Å². The van der Waals surface area contributed by atoms with Crippen LogP contribution >= 0.6 is 0 Å². The van der Waals surface area contributed by atoms with Crippen LogP contribution in [0, 0.1) is 52.3 Å². The summed E-state index contributed by atoms with van der Waals surface area (Å²) in [6, 6.07) is 2.09. The van der Waals surface area contributed by atoms with Crippen molar-refractivity contribution in [1.29, 1.82) is 5.26 Å². The summed E-state index contributed by atoms with van der Waals surface area (Å²) in [5.74, 6) is 3.10. The van der Waals surface area contributed by atoms with Crippen LogP contribution in [-0.4, -0.2) is 34.6 Å². The number of hydrogen-bond acceptors (Lipinski definition) is 4. The van der Waals surface area contributed by atoms with Gasteiger partial charge in [0.1, 0.15) is 11.9 Å². The molecule has 4 aliphatic carbocycles. The third-order valence-corrected chi connectivity index (χ3v) is 10.4. The molecule has 32 heavy (non-hydrogen) atoms. The van der Waals surface area contributed by atoms with Crippen LogP contribution in [0.1, 0.15) is 77.2 Å². The van der Waals surface area contributed by atoms with Crippen molar-refractivity contribution in [3.63, 3.8) is 0 Å². The number of nitrogens with zero attached hydrogens (tertiary/aromatic N) is 3. The normalized spacial score (nSPS) is 45.4. The Morgan fingerprint density at radius 2 is 1.94 bits per heavy atom. The fraction of sp³-hybridized carbons (Fsp3) is 0.808. The molecule has 2 radical (unpaired) electrons. The summed E-state index contributed by atoms with van der Waals surface area (Å²) >= 11 is 0. The zero-order valence-corrected chi connectivity index (χ0v) is 19.5. The number of aromatic nitrogens is 2. The predicted molar refractivity (Wildman–Crippen MR) is 123 cm³/mol. The fourth-order valence-electron chi connectivity index (χ4n) is 8.68. The van der Waals surface area contributed by atoms with Gasteiger partial charge in [-0.25, -0.2) is 0 Å². The minimum absolute atomic E-state index is 0.0926. The number of nitriles is 1. The molecule has 4 fully saturated rings. The number of aryl methyl sites for hydroxylation is 1. The maximum atomic E-state index is 13.3. The van der Waals surface area contributed by atoms with Crippen LogP contribution in [0.25, 0.3) is 0 Å². The van der Waals surface area contributed by atoms with Gasteiger partial charge in [0, 0.05) is 25.1 Å². The summed E-state index contributed by atoms with van der Waals surface area (Å²) in [5, 5.41) is 23.7. The SMILES string of the molecule is [B]C12CCC3C(CCC4(C)C(C(=O)CCn5cc(C#N)cn5)CCC34)C1CCC(C)C2O. The van der Waals surface area contributed by atoms with Gasteiger partial charge in [-0.15, -0.1) is 0 Å². The van der Waals surface area contributed by atoms with E-state index in [4.69, 9.17) is 13.1 Å². The molecule has 9 atom stereocenters. The van der Waals surface area contributed by atoms with E-state index in [1.807, 2.05) is 0 Å². The fourth-order valence-corrected chi connectivity index (χ4v) is 8.68. The molecule has 9 unspecified atom stereocenters. The lowest BCUT2D eigenvalue weighted by molar-refractivity contribution is -0.132. The highest BCUT2D eigenvalue weighted by molar-refractivity contribution is 6.16. The van der Waals surface area contributed by atoms with Gasteiger partial charge in [-0.1, -0.05) is 20.3 Å². The van der Waals surface area contributed by atoms with Gasteiger partial charge in [0.25, 0.3) is 0 Å². The summed E-state index contributed by atoms with van der Waals surface area (Å²) in [4.78, 5) is 13.3. The van der Waals surface area contributed by atoms with Crippen LogP contribution in [0.2, 0.25) is 5.31 Å². The lowest BCUT2D eigenvalue weighted by Gasteiger charge is -2.61. The molecule has 0 bridgehead atoms. The van der Waals surface area contributed by atoms with Gasteiger partial charge in [0.05, 0.1) is 25.7 Å². The van der Waals surface area contributed by atoms with Gasteiger partial charge < -0.3 is 5.11 Å². The maximum Gasteiger partial charge on any atom is 0.138 e. The van der Waals surface area contributed by atoms with Crippen molar-refractivity contribution in [2.75, 3.05) is 0 Å². The Labute approximate surface area is 193 Å². The Morgan fingerprint density at radius 1 is 1.22 bits per heavy atom. The highest BCUT2D eigenvalue weighted by atomic mass is 16.3. The molecule has 170 valence electrons. The maximum absolute atomic E-state index is 13.3. The minimum atomic E-state index is -0.410. The molecule has 5 rings (SSSR count). The molecule has 0 aromatic carbocycles. The van der Waals surface area contributed by atoms with Crippen molar-refractivity contribution in [1.82, 2.24) is 9.78 Å². The van der Waals surface area contributed by atoms with Crippen molar-refractivity contribution in [3.8, 4) is 6.07 Å². The summed E-state index contributed by atoms with van der Waals surface area (Å²) in [6.07, 6.45) is 12.1. The largest absolute Gasteiger partial charge is 0.393 e. The van der Waals surface area contributed by atoms with Crippen LogP contribution in [-0.2, 0) is 11.3 Å². The molecule has 1 aromatic rings. The zero-order chi connectivity index (χ0) is 22.7. The van der Waals surface area contributed by atoms with Crippen LogP contribution in [0.5, 0.6) is 0 Å². The summed E-state index contributed by atoms with van der Waals surface area (Å²) < 4.78 is 1.72. The quantitative estimate of drug-likeness (QED) is 0.718. The predicted octanol–water partition coefficient (Wildman–Crippen LogP) is 4.30. The first-order valence-electron chi connectivity index (χ1n) is 12.7. The Morgan fingerprint density at radius 3 is 2.69 bits per heavy atom. The molecule has 6 heteroatoms. The van der Waals surface area contributed by atoms with Crippen molar-refractivity contribution >= 4 is 13.6 Å². The van der Waals surface area contributed by atoms with E-state index in [0.717, 1.165) is 51.4 Å². The standard InChI is InChI=1S/C26H36BN3O2/c1-16-3-4-21-19-7-10-25(2)20(18(19)8-11-26(21,27)24(16)32)5-6-22(25)23(31)9-12-30-15-17(13-28)14-29-30/h14-16,18-22,24,32H,3-12H2,1-2H3.